The van der Waals surface area contributed by atoms with Gasteiger partial charge in [-0.15, -0.1) is 0 Å². The van der Waals surface area contributed by atoms with Crippen molar-refractivity contribution < 1.29 is 0 Å². The number of nitriles is 1. The van der Waals surface area contributed by atoms with E-state index in [1.165, 1.54) is 0 Å². The molecule has 0 atom stereocenters. The maximum atomic E-state index is 8.90. The van der Waals surface area contributed by atoms with Crippen molar-refractivity contribution in [3.63, 3.8) is 0 Å². The summed E-state index contributed by atoms with van der Waals surface area (Å²) in [7, 11) is 1.98. The molecule has 5 heteroatoms. The topological polar surface area (TPSA) is 78.0 Å². The quantitative estimate of drug-likeness (QED) is 0.642. The Morgan fingerprint density at radius 3 is 2.95 bits per heavy atom. The second-order valence-corrected chi connectivity index (χ2v) is 4.21. The van der Waals surface area contributed by atoms with Gasteiger partial charge >= 0.3 is 0 Å². The second-order valence-electron chi connectivity index (χ2n) is 4.21. The Hall–Kier alpha value is -2.58. The molecule has 3 N–H and O–H groups in total. The summed E-state index contributed by atoms with van der Waals surface area (Å²) in [5.74, 6) is 5.97. The van der Waals surface area contributed by atoms with Gasteiger partial charge in [0, 0.05) is 25.5 Å². The van der Waals surface area contributed by atoms with Gasteiger partial charge in [0.2, 0.25) is 0 Å². The molecule has 0 radical (unpaired) electrons. The molecule has 0 saturated heterocycles. The lowest BCUT2D eigenvalue weighted by molar-refractivity contribution is 0.919. The average Bonchev–Trinajstić information content (AvgIpc) is 2.47. The lowest BCUT2D eigenvalue weighted by Crippen LogP contribution is -2.17. The molecule has 1 aromatic heterocycles. The minimum Gasteiger partial charge on any atom is -0.370 e. The molecular formula is C14H15N5. The van der Waals surface area contributed by atoms with Gasteiger partial charge in [-0.2, -0.15) is 5.26 Å². The third kappa shape index (κ3) is 3.21. The van der Waals surface area contributed by atoms with E-state index in [9.17, 15) is 0 Å². The van der Waals surface area contributed by atoms with E-state index in [2.05, 4.69) is 21.4 Å². The van der Waals surface area contributed by atoms with Crippen LogP contribution in [-0.2, 0) is 6.54 Å². The first-order valence-electron chi connectivity index (χ1n) is 5.86. The Labute approximate surface area is 112 Å². The standard InChI is InChI=1S/C14H15N5/c1-19(13-4-2-3-11(7-13)9-15)10-12-5-6-17-14(8-12)18-16/h2-8H,10,16H2,1H3,(H,17,18). The lowest BCUT2D eigenvalue weighted by Gasteiger charge is -2.19. The van der Waals surface area contributed by atoms with Crippen molar-refractivity contribution in [3.05, 3.63) is 53.7 Å². The average molecular weight is 253 g/mol. The van der Waals surface area contributed by atoms with E-state index >= 15 is 0 Å². The fraction of sp³-hybridized carbons (Fsp3) is 0.143. The summed E-state index contributed by atoms with van der Waals surface area (Å²) in [6, 6.07) is 13.5. The third-order valence-electron chi connectivity index (χ3n) is 2.81. The number of hydrogen-bond acceptors (Lipinski definition) is 5. The van der Waals surface area contributed by atoms with E-state index in [-0.39, 0.29) is 0 Å². The monoisotopic (exact) mass is 253 g/mol. The molecule has 19 heavy (non-hydrogen) atoms. The summed E-state index contributed by atoms with van der Waals surface area (Å²) in [5.41, 5.74) is 5.27. The van der Waals surface area contributed by atoms with Crippen molar-refractivity contribution >= 4 is 11.5 Å². The zero-order valence-electron chi connectivity index (χ0n) is 10.7. The van der Waals surface area contributed by atoms with Crippen molar-refractivity contribution in [2.45, 2.75) is 6.54 Å². The molecule has 0 bridgehead atoms. The van der Waals surface area contributed by atoms with Crippen molar-refractivity contribution in [2.24, 2.45) is 5.84 Å². The third-order valence-corrected chi connectivity index (χ3v) is 2.81. The van der Waals surface area contributed by atoms with Crippen LogP contribution in [0.25, 0.3) is 0 Å². The molecule has 0 fully saturated rings. The smallest absolute Gasteiger partial charge is 0.140 e. The minimum atomic E-state index is 0.636. The van der Waals surface area contributed by atoms with Crippen LogP contribution in [-0.4, -0.2) is 12.0 Å². The number of hydrazine groups is 1. The van der Waals surface area contributed by atoms with Crippen LogP contribution in [0.2, 0.25) is 0 Å². The zero-order valence-corrected chi connectivity index (χ0v) is 10.7. The highest BCUT2D eigenvalue weighted by Gasteiger charge is 2.04. The molecule has 0 aliphatic carbocycles. The molecular weight excluding hydrogens is 238 g/mol. The van der Waals surface area contributed by atoms with Crippen LogP contribution < -0.4 is 16.2 Å². The molecule has 2 rings (SSSR count). The van der Waals surface area contributed by atoms with E-state index < -0.39 is 0 Å². The zero-order chi connectivity index (χ0) is 13.7. The van der Waals surface area contributed by atoms with Gasteiger partial charge in [-0.05, 0) is 35.9 Å². The van der Waals surface area contributed by atoms with Crippen LogP contribution in [0.5, 0.6) is 0 Å². The van der Waals surface area contributed by atoms with Gasteiger partial charge in [0.1, 0.15) is 5.82 Å². The molecule has 0 saturated carbocycles. The van der Waals surface area contributed by atoms with Gasteiger partial charge in [-0.25, -0.2) is 10.8 Å². The number of nitrogen functional groups attached to an aromatic ring is 1. The highest BCUT2D eigenvalue weighted by Crippen LogP contribution is 2.17. The number of nitrogens with one attached hydrogen (secondary N) is 1. The number of benzene rings is 1. The summed E-state index contributed by atoms with van der Waals surface area (Å²) in [6.45, 7) is 0.714. The molecule has 0 aliphatic rings. The van der Waals surface area contributed by atoms with E-state index in [1.54, 1.807) is 12.3 Å². The maximum absolute atomic E-state index is 8.90. The van der Waals surface area contributed by atoms with Crippen LogP contribution >= 0.6 is 0 Å². The summed E-state index contributed by atoms with van der Waals surface area (Å²) < 4.78 is 0. The Balaban J connectivity index is 2.15. The van der Waals surface area contributed by atoms with Gasteiger partial charge in [0.25, 0.3) is 0 Å². The number of aromatic nitrogens is 1. The predicted molar refractivity (Wildman–Crippen MR) is 75.3 cm³/mol. The fourth-order valence-corrected chi connectivity index (χ4v) is 1.83. The Bertz CT molecular complexity index is 603. The number of nitrogens with two attached hydrogens (primary N) is 1. The van der Waals surface area contributed by atoms with Crippen molar-refractivity contribution in [1.82, 2.24) is 4.98 Å². The molecule has 0 unspecified atom stereocenters. The molecule has 0 aliphatic heterocycles. The van der Waals surface area contributed by atoms with E-state index in [0.717, 1.165) is 11.3 Å². The molecule has 1 heterocycles. The van der Waals surface area contributed by atoms with Crippen LogP contribution in [0.3, 0.4) is 0 Å². The Morgan fingerprint density at radius 2 is 2.21 bits per heavy atom. The summed E-state index contributed by atoms with van der Waals surface area (Å²) in [5, 5.41) is 8.90. The molecule has 1 aromatic carbocycles. The van der Waals surface area contributed by atoms with E-state index in [0.29, 0.717) is 17.9 Å². The summed E-state index contributed by atoms with van der Waals surface area (Å²) in [4.78, 5) is 6.13. The predicted octanol–water partition coefficient (Wildman–Crippen LogP) is 1.88. The largest absolute Gasteiger partial charge is 0.370 e. The highest BCUT2D eigenvalue weighted by molar-refractivity contribution is 5.51. The number of nitrogens with zero attached hydrogens (tertiary/aromatic N) is 3. The summed E-state index contributed by atoms with van der Waals surface area (Å²) in [6.07, 6.45) is 1.71. The minimum absolute atomic E-state index is 0.636. The lowest BCUT2D eigenvalue weighted by atomic mass is 10.2. The number of anilines is 2. The first kappa shape index (κ1) is 12.9. The van der Waals surface area contributed by atoms with Gasteiger partial charge in [0.15, 0.2) is 0 Å². The molecule has 5 nitrogen and oxygen atoms in total. The van der Waals surface area contributed by atoms with Crippen molar-refractivity contribution in [2.75, 3.05) is 17.4 Å². The van der Waals surface area contributed by atoms with E-state index in [4.69, 9.17) is 11.1 Å². The molecule has 96 valence electrons. The maximum Gasteiger partial charge on any atom is 0.140 e. The van der Waals surface area contributed by atoms with E-state index in [1.807, 2.05) is 37.4 Å². The normalized spacial score (nSPS) is 9.74. The van der Waals surface area contributed by atoms with Gasteiger partial charge < -0.3 is 10.3 Å². The Morgan fingerprint density at radius 1 is 1.37 bits per heavy atom. The fourth-order valence-electron chi connectivity index (χ4n) is 1.83. The SMILES string of the molecule is CN(Cc1ccnc(NN)c1)c1cccc(C#N)c1. The molecule has 0 spiro atoms. The van der Waals surface area contributed by atoms with Crippen molar-refractivity contribution in [3.8, 4) is 6.07 Å². The van der Waals surface area contributed by atoms with Gasteiger partial charge in [0.05, 0.1) is 11.6 Å². The van der Waals surface area contributed by atoms with Crippen LogP contribution in [0.1, 0.15) is 11.1 Å². The Kier molecular flexibility index (Phi) is 3.96. The number of hydrogen-bond donors (Lipinski definition) is 2. The van der Waals surface area contributed by atoms with Crippen LogP contribution in [0.4, 0.5) is 11.5 Å². The first-order chi connectivity index (χ1) is 9.22. The second kappa shape index (κ2) is 5.85. The molecule has 2 aromatic rings. The van der Waals surface area contributed by atoms with Crippen LogP contribution in [0, 0.1) is 11.3 Å². The van der Waals surface area contributed by atoms with Crippen molar-refractivity contribution in [1.29, 1.82) is 5.26 Å². The van der Waals surface area contributed by atoms with Gasteiger partial charge in [-0.1, -0.05) is 6.07 Å². The first-order valence-corrected chi connectivity index (χ1v) is 5.86. The molecule has 0 amide bonds. The number of pyridine rings is 1. The summed E-state index contributed by atoms with van der Waals surface area (Å²) >= 11 is 0. The highest BCUT2D eigenvalue weighted by atomic mass is 15.2. The number of rotatable bonds is 4. The van der Waals surface area contributed by atoms with Crippen LogP contribution in [0.15, 0.2) is 42.6 Å². The van der Waals surface area contributed by atoms with Gasteiger partial charge in [-0.3, -0.25) is 0 Å².